The van der Waals surface area contributed by atoms with E-state index in [1.807, 2.05) is 0 Å². The predicted octanol–water partition coefficient (Wildman–Crippen LogP) is 3.82. The predicted molar refractivity (Wildman–Crippen MR) is 115 cm³/mol. The molecule has 3 aromatic carbocycles. The molecule has 0 saturated heterocycles. The average Bonchev–Trinajstić information content (AvgIpc) is 2.78. The SMILES string of the molecule is CNC(=O)c1ccc(CN(C)c2ccc(C(=O)c3ccccc3)cc2[N+](=O)[O-])cc1. The molecule has 0 bridgehead atoms. The molecule has 0 unspecified atom stereocenters. The molecule has 152 valence electrons. The molecule has 0 saturated carbocycles. The third-order valence-corrected chi connectivity index (χ3v) is 4.74. The summed E-state index contributed by atoms with van der Waals surface area (Å²) in [6.07, 6.45) is 0. The number of ketones is 1. The van der Waals surface area contributed by atoms with Crippen LogP contribution < -0.4 is 10.2 Å². The maximum Gasteiger partial charge on any atom is 0.293 e. The van der Waals surface area contributed by atoms with Crippen LogP contribution in [0.2, 0.25) is 0 Å². The van der Waals surface area contributed by atoms with Gasteiger partial charge in [-0.15, -0.1) is 0 Å². The molecule has 0 atom stereocenters. The van der Waals surface area contributed by atoms with Crippen LogP contribution >= 0.6 is 0 Å². The lowest BCUT2D eigenvalue weighted by atomic mass is 10.0. The number of nitrogens with one attached hydrogen (secondary N) is 1. The van der Waals surface area contributed by atoms with E-state index in [2.05, 4.69) is 5.32 Å². The number of nitro benzene ring substituents is 1. The highest BCUT2D eigenvalue weighted by Crippen LogP contribution is 2.30. The second-order valence-corrected chi connectivity index (χ2v) is 6.79. The van der Waals surface area contributed by atoms with E-state index in [9.17, 15) is 19.7 Å². The summed E-state index contributed by atoms with van der Waals surface area (Å²) >= 11 is 0. The van der Waals surface area contributed by atoms with Crippen molar-refractivity contribution in [3.63, 3.8) is 0 Å². The highest BCUT2D eigenvalue weighted by molar-refractivity contribution is 6.09. The fourth-order valence-electron chi connectivity index (χ4n) is 3.15. The first-order valence-electron chi connectivity index (χ1n) is 9.31. The second-order valence-electron chi connectivity index (χ2n) is 6.79. The average molecular weight is 403 g/mol. The van der Waals surface area contributed by atoms with Gasteiger partial charge in [0.25, 0.3) is 11.6 Å². The summed E-state index contributed by atoms with van der Waals surface area (Å²) in [5.41, 5.74) is 2.44. The van der Waals surface area contributed by atoms with Gasteiger partial charge in [0.15, 0.2) is 5.78 Å². The summed E-state index contributed by atoms with van der Waals surface area (Å²) in [5.74, 6) is -0.443. The van der Waals surface area contributed by atoms with Crippen LogP contribution in [0.1, 0.15) is 31.8 Å². The molecule has 0 fully saturated rings. The number of amides is 1. The number of carbonyl (C=O) groups excluding carboxylic acids is 2. The number of anilines is 1. The van der Waals surface area contributed by atoms with Crippen molar-refractivity contribution < 1.29 is 14.5 Å². The molecule has 3 rings (SSSR count). The fourth-order valence-corrected chi connectivity index (χ4v) is 3.15. The third kappa shape index (κ3) is 4.52. The fraction of sp³-hybridized carbons (Fsp3) is 0.130. The summed E-state index contributed by atoms with van der Waals surface area (Å²) < 4.78 is 0. The summed E-state index contributed by atoms with van der Waals surface area (Å²) in [7, 11) is 3.31. The van der Waals surface area contributed by atoms with Crippen molar-refractivity contribution in [3.8, 4) is 0 Å². The Kier molecular flexibility index (Phi) is 6.22. The largest absolute Gasteiger partial charge is 0.365 e. The van der Waals surface area contributed by atoms with Crippen LogP contribution in [0.4, 0.5) is 11.4 Å². The zero-order valence-electron chi connectivity index (χ0n) is 16.7. The highest BCUT2D eigenvalue weighted by atomic mass is 16.6. The maximum atomic E-state index is 12.6. The van der Waals surface area contributed by atoms with E-state index in [1.165, 1.54) is 6.07 Å². The molecule has 0 spiro atoms. The van der Waals surface area contributed by atoms with Gasteiger partial charge in [0.2, 0.25) is 0 Å². The van der Waals surface area contributed by atoms with E-state index in [1.54, 1.807) is 85.7 Å². The maximum absolute atomic E-state index is 12.6. The summed E-state index contributed by atoms with van der Waals surface area (Å²) in [4.78, 5) is 37.2. The van der Waals surface area contributed by atoms with Crippen LogP contribution in [0.15, 0.2) is 72.8 Å². The minimum atomic E-state index is -0.484. The Hall–Kier alpha value is -4.00. The van der Waals surface area contributed by atoms with Crippen LogP contribution in [0.5, 0.6) is 0 Å². The van der Waals surface area contributed by atoms with E-state index in [0.29, 0.717) is 23.4 Å². The molecule has 0 aliphatic rings. The number of carbonyl (C=O) groups is 2. The third-order valence-electron chi connectivity index (χ3n) is 4.74. The number of hydrogen-bond donors (Lipinski definition) is 1. The van der Waals surface area contributed by atoms with Crippen molar-refractivity contribution in [2.75, 3.05) is 19.0 Å². The Morgan fingerprint density at radius 2 is 1.57 bits per heavy atom. The first-order chi connectivity index (χ1) is 14.4. The molecule has 7 heteroatoms. The van der Waals surface area contributed by atoms with Gasteiger partial charge < -0.3 is 10.2 Å². The van der Waals surface area contributed by atoms with Crippen molar-refractivity contribution in [2.24, 2.45) is 0 Å². The summed E-state index contributed by atoms with van der Waals surface area (Å²) in [6, 6.07) is 20.2. The Morgan fingerprint density at radius 3 is 2.17 bits per heavy atom. The zero-order chi connectivity index (χ0) is 21.7. The van der Waals surface area contributed by atoms with Gasteiger partial charge in [-0.05, 0) is 29.8 Å². The number of rotatable bonds is 7. The Bertz CT molecular complexity index is 1080. The van der Waals surface area contributed by atoms with E-state index in [4.69, 9.17) is 0 Å². The molecule has 1 N–H and O–H groups in total. The van der Waals surface area contributed by atoms with Gasteiger partial charge in [-0.2, -0.15) is 0 Å². The minimum absolute atomic E-state index is 0.138. The van der Waals surface area contributed by atoms with Gasteiger partial charge in [0, 0.05) is 43.4 Å². The van der Waals surface area contributed by atoms with Crippen molar-refractivity contribution >= 4 is 23.1 Å². The van der Waals surface area contributed by atoms with Crippen LogP contribution in [0.25, 0.3) is 0 Å². The summed E-state index contributed by atoms with van der Waals surface area (Å²) in [5, 5.41) is 14.2. The van der Waals surface area contributed by atoms with Gasteiger partial charge >= 0.3 is 0 Å². The van der Waals surface area contributed by atoms with Crippen molar-refractivity contribution in [1.82, 2.24) is 5.32 Å². The zero-order valence-corrected chi connectivity index (χ0v) is 16.7. The molecule has 0 aromatic heterocycles. The molecule has 1 amide bonds. The molecule has 0 aliphatic heterocycles. The Labute approximate surface area is 174 Å². The van der Waals surface area contributed by atoms with Crippen LogP contribution in [0, 0.1) is 10.1 Å². The van der Waals surface area contributed by atoms with Crippen molar-refractivity contribution in [1.29, 1.82) is 0 Å². The smallest absolute Gasteiger partial charge is 0.293 e. The number of nitrogens with zero attached hydrogens (tertiary/aromatic N) is 2. The van der Waals surface area contributed by atoms with Gasteiger partial charge in [0.05, 0.1) is 4.92 Å². The molecule has 0 radical (unpaired) electrons. The molecule has 30 heavy (non-hydrogen) atoms. The monoisotopic (exact) mass is 403 g/mol. The number of hydrogen-bond acceptors (Lipinski definition) is 5. The Morgan fingerprint density at radius 1 is 0.933 bits per heavy atom. The molecular weight excluding hydrogens is 382 g/mol. The van der Waals surface area contributed by atoms with Crippen LogP contribution in [-0.4, -0.2) is 30.7 Å². The van der Waals surface area contributed by atoms with E-state index >= 15 is 0 Å². The number of nitro groups is 1. The molecule has 0 heterocycles. The quantitative estimate of drug-likeness (QED) is 0.368. The van der Waals surface area contributed by atoms with Gasteiger partial charge in [0.1, 0.15) is 5.69 Å². The highest BCUT2D eigenvalue weighted by Gasteiger charge is 2.21. The van der Waals surface area contributed by atoms with Crippen LogP contribution in [-0.2, 0) is 6.54 Å². The lowest BCUT2D eigenvalue weighted by Crippen LogP contribution is -2.19. The van der Waals surface area contributed by atoms with Crippen molar-refractivity contribution in [3.05, 3.63) is 105 Å². The minimum Gasteiger partial charge on any atom is -0.365 e. The van der Waals surface area contributed by atoms with E-state index in [-0.39, 0.29) is 22.9 Å². The topological polar surface area (TPSA) is 92.6 Å². The normalized spacial score (nSPS) is 10.3. The van der Waals surface area contributed by atoms with Gasteiger partial charge in [-0.1, -0.05) is 42.5 Å². The number of benzene rings is 3. The molecular formula is C23H21N3O4. The van der Waals surface area contributed by atoms with Crippen LogP contribution in [0.3, 0.4) is 0 Å². The van der Waals surface area contributed by atoms with Gasteiger partial charge in [-0.3, -0.25) is 19.7 Å². The van der Waals surface area contributed by atoms with E-state index < -0.39 is 4.92 Å². The first kappa shape index (κ1) is 20.7. The summed E-state index contributed by atoms with van der Waals surface area (Å²) in [6.45, 7) is 0.404. The van der Waals surface area contributed by atoms with E-state index in [0.717, 1.165) is 5.56 Å². The standard InChI is InChI=1S/C23H21N3O4/c1-24-23(28)18-10-8-16(9-11-18)15-25(2)20-13-12-19(14-21(20)26(29)30)22(27)17-6-4-3-5-7-17/h3-14H,15H2,1-2H3,(H,24,28). The first-order valence-corrected chi connectivity index (χ1v) is 9.31. The molecule has 7 nitrogen and oxygen atoms in total. The lowest BCUT2D eigenvalue weighted by molar-refractivity contribution is -0.384. The molecule has 3 aromatic rings. The van der Waals surface area contributed by atoms with Gasteiger partial charge in [-0.25, -0.2) is 0 Å². The lowest BCUT2D eigenvalue weighted by Gasteiger charge is -2.20. The second kappa shape index (κ2) is 9.00. The molecule has 0 aliphatic carbocycles. The van der Waals surface area contributed by atoms with Crippen molar-refractivity contribution in [2.45, 2.75) is 6.54 Å². The Balaban J connectivity index is 1.85.